The Labute approximate surface area is 118 Å². The number of nitrogens with one attached hydrogen (secondary N) is 2. The van der Waals surface area contributed by atoms with Crippen LogP contribution in [-0.4, -0.2) is 25.8 Å². The third-order valence-electron chi connectivity index (χ3n) is 3.28. The molecular weight excluding hydrogens is 268 g/mol. The Balaban J connectivity index is 1.62. The van der Waals surface area contributed by atoms with E-state index in [9.17, 15) is 4.79 Å². The zero-order valence-electron chi connectivity index (χ0n) is 10.9. The van der Waals surface area contributed by atoms with E-state index in [0.29, 0.717) is 18.0 Å². The Kier molecular flexibility index (Phi) is 2.50. The number of carbonyl (C=O) groups excluding carboxylic acids is 1. The molecule has 0 saturated heterocycles. The lowest BCUT2D eigenvalue weighted by Crippen LogP contribution is -2.22. The maximum atomic E-state index is 11.2. The van der Waals surface area contributed by atoms with E-state index in [2.05, 4.69) is 30.2 Å². The number of hydrogen-bond acceptors (Lipinski definition) is 5. The van der Waals surface area contributed by atoms with Gasteiger partial charge in [0.15, 0.2) is 11.5 Å². The molecule has 3 heterocycles. The number of anilines is 1. The first-order chi connectivity index (χ1) is 10.3. The van der Waals surface area contributed by atoms with Crippen LogP contribution in [0, 0.1) is 0 Å². The highest BCUT2D eigenvalue weighted by atomic mass is 16.1. The topological polar surface area (TPSA) is 95.9 Å². The summed E-state index contributed by atoms with van der Waals surface area (Å²) in [6.45, 7) is 0.584. The van der Waals surface area contributed by atoms with Gasteiger partial charge in [0.1, 0.15) is 11.8 Å². The van der Waals surface area contributed by atoms with Crippen LogP contribution in [0.15, 0.2) is 35.8 Å². The van der Waals surface area contributed by atoms with E-state index in [1.807, 2.05) is 18.2 Å². The van der Waals surface area contributed by atoms with Gasteiger partial charge in [-0.3, -0.25) is 4.79 Å². The molecule has 0 bridgehead atoms. The number of imidazole rings is 1. The van der Waals surface area contributed by atoms with E-state index in [4.69, 9.17) is 0 Å². The molecule has 7 heteroatoms. The average molecular weight is 278 g/mol. The van der Waals surface area contributed by atoms with Crippen LogP contribution >= 0.6 is 0 Å². The van der Waals surface area contributed by atoms with Crippen molar-refractivity contribution in [2.24, 2.45) is 4.99 Å². The maximum absolute atomic E-state index is 11.2. The second kappa shape index (κ2) is 4.48. The van der Waals surface area contributed by atoms with Gasteiger partial charge in [0.05, 0.1) is 11.7 Å². The fraction of sp³-hybridized carbons (Fsp3) is 0.0714. The minimum atomic E-state index is -0.204. The first-order valence-electron chi connectivity index (χ1n) is 6.41. The van der Waals surface area contributed by atoms with Crippen molar-refractivity contribution >= 4 is 29.0 Å². The summed E-state index contributed by atoms with van der Waals surface area (Å²) in [7, 11) is 0. The summed E-state index contributed by atoms with van der Waals surface area (Å²) in [6.07, 6.45) is 4.60. The lowest BCUT2D eigenvalue weighted by Gasteiger charge is -2.05. The zero-order valence-corrected chi connectivity index (χ0v) is 10.9. The molecule has 4 rings (SSSR count). The number of rotatable bonds is 3. The van der Waals surface area contributed by atoms with E-state index in [1.165, 1.54) is 12.4 Å². The molecule has 102 valence electrons. The molecule has 2 aromatic heterocycles. The Morgan fingerprint density at radius 1 is 1.19 bits per heavy atom. The number of fused-ring (bicyclic) bond motifs is 2. The third-order valence-corrected chi connectivity index (χ3v) is 3.28. The predicted octanol–water partition coefficient (Wildman–Crippen LogP) is -0.0947. The Hall–Kier alpha value is -3.09. The van der Waals surface area contributed by atoms with Crippen molar-refractivity contribution < 1.29 is 4.79 Å². The van der Waals surface area contributed by atoms with Crippen molar-refractivity contribution in [3.8, 4) is 0 Å². The molecule has 0 atom stereocenters. The Bertz CT molecular complexity index is 975. The highest BCUT2D eigenvalue weighted by Crippen LogP contribution is 2.14. The summed E-state index contributed by atoms with van der Waals surface area (Å²) < 4.78 is 0. The first kappa shape index (κ1) is 11.7. The molecule has 2 N–H and O–H groups in total. The van der Waals surface area contributed by atoms with Gasteiger partial charge in [-0.05, 0) is 17.7 Å². The molecule has 1 aliphatic heterocycles. The average Bonchev–Trinajstić information content (AvgIpc) is 3.09. The van der Waals surface area contributed by atoms with Gasteiger partial charge in [-0.1, -0.05) is 6.07 Å². The summed E-state index contributed by atoms with van der Waals surface area (Å²) in [6, 6.07) is 5.73. The minimum Gasteiger partial charge on any atom is -0.364 e. The van der Waals surface area contributed by atoms with Crippen LogP contribution < -0.4 is 15.9 Å². The van der Waals surface area contributed by atoms with Crippen molar-refractivity contribution in [2.75, 3.05) is 5.32 Å². The van der Waals surface area contributed by atoms with Gasteiger partial charge in [0, 0.05) is 17.8 Å². The lowest BCUT2D eigenvalue weighted by atomic mass is 10.2. The van der Waals surface area contributed by atoms with Crippen molar-refractivity contribution in [3.05, 3.63) is 47.0 Å². The summed E-state index contributed by atoms with van der Waals surface area (Å²) in [5, 5.41) is 4.82. The van der Waals surface area contributed by atoms with Crippen molar-refractivity contribution in [1.82, 2.24) is 19.9 Å². The first-order valence-corrected chi connectivity index (χ1v) is 6.41. The van der Waals surface area contributed by atoms with Crippen LogP contribution in [0.3, 0.4) is 0 Å². The van der Waals surface area contributed by atoms with Crippen LogP contribution in [0.25, 0.3) is 17.2 Å². The van der Waals surface area contributed by atoms with E-state index < -0.39 is 0 Å². The van der Waals surface area contributed by atoms with Crippen LogP contribution in [-0.2, 0) is 11.3 Å². The van der Waals surface area contributed by atoms with E-state index >= 15 is 0 Å². The number of nitrogens with zero attached hydrogens (tertiary/aromatic N) is 4. The molecule has 7 nitrogen and oxygen atoms in total. The fourth-order valence-corrected chi connectivity index (χ4v) is 2.30. The van der Waals surface area contributed by atoms with Gasteiger partial charge in [0.25, 0.3) is 5.91 Å². The summed E-state index contributed by atoms with van der Waals surface area (Å²) in [4.78, 5) is 30.5. The van der Waals surface area contributed by atoms with E-state index in [1.54, 1.807) is 6.33 Å². The number of aromatic amines is 1. The van der Waals surface area contributed by atoms with E-state index in [0.717, 1.165) is 21.7 Å². The summed E-state index contributed by atoms with van der Waals surface area (Å²) in [5.74, 6) is 0.493. The van der Waals surface area contributed by atoms with Crippen LogP contribution in [0.2, 0.25) is 0 Å². The monoisotopic (exact) mass is 278 g/mol. The largest absolute Gasteiger partial charge is 0.364 e. The number of hydrogen-bond donors (Lipinski definition) is 2. The molecule has 1 aromatic carbocycles. The highest BCUT2D eigenvalue weighted by molar-refractivity contribution is 6.06. The normalized spacial score (nSPS) is 12.9. The third kappa shape index (κ3) is 2.04. The second-order valence-corrected chi connectivity index (χ2v) is 4.66. The van der Waals surface area contributed by atoms with Crippen LogP contribution in [0.5, 0.6) is 0 Å². The minimum absolute atomic E-state index is 0.204. The molecule has 0 spiro atoms. The van der Waals surface area contributed by atoms with E-state index in [-0.39, 0.29) is 5.91 Å². The van der Waals surface area contributed by atoms with Gasteiger partial charge < -0.3 is 10.3 Å². The molecule has 1 aliphatic rings. The smallest absolute Gasteiger partial charge is 0.270 e. The summed E-state index contributed by atoms with van der Waals surface area (Å²) >= 11 is 0. The predicted molar refractivity (Wildman–Crippen MR) is 75.7 cm³/mol. The standard InChI is InChI=1S/C14H10N6O/c21-11-4-9-3-8(1-2-10(9)20-11)5-15-13-12-14(17-6-16-12)19-7-18-13/h1-4,6-7H,5H2,(H2,15,16,17,18,19). The fourth-order valence-electron chi connectivity index (χ4n) is 2.30. The van der Waals surface area contributed by atoms with Crippen molar-refractivity contribution in [1.29, 1.82) is 0 Å². The second-order valence-electron chi connectivity index (χ2n) is 4.66. The molecular formula is C14H10N6O. The number of aromatic nitrogens is 4. The Morgan fingerprint density at radius 2 is 2.14 bits per heavy atom. The number of carbonyl (C=O) groups is 1. The highest BCUT2D eigenvalue weighted by Gasteiger charge is 2.06. The van der Waals surface area contributed by atoms with Crippen LogP contribution in [0.1, 0.15) is 5.56 Å². The lowest BCUT2D eigenvalue weighted by molar-refractivity contribution is -0.112. The molecule has 0 aliphatic carbocycles. The summed E-state index contributed by atoms with van der Waals surface area (Å²) in [5.41, 5.74) is 2.44. The number of H-pyrrole nitrogens is 1. The molecule has 1 amide bonds. The molecule has 21 heavy (non-hydrogen) atoms. The molecule has 0 fully saturated rings. The maximum Gasteiger partial charge on any atom is 0.270 e. The van der Waals surface area contributed by atoms with Gasteiger partial charge in [-0.15, -0.1) is 0 Å². The van der Waals surface area contributed by atoms with Gasteiger partial charge >= 0.3 is 0 Å². The van der Waals surface area contributed by atoms with Crippen molar-refractivity contribution in [2.45, 2.75) is 6.54 Å². The number of benzene rings is 1. The SMILES string of the molecule is O=C1C=c2cc(CNc3ncnc4nc[nH]c34)ccc2=N1. The molecule has 0 saturated carbocycles. The Morgan fingerprint density at radius 3 is 3.10 bits per heavy atom. The van der Waals surface area contributed by atoms with Gasteiger partial charge in [-0.25, -0.2) is 19.9 Å². The molecule has 3 aromatic rings. The molecule has 0 unspecified atom stereocenters. The number of amides is 1. The zero-order chi connectivity index (χ0) is 14.2. The van der Waals surface area contributed by atoms with Crippen molar-refractivity contribution in [3.63, 3.8) is 0 Å². The van der Waals surface area contributed by atoms with Crippen LogP contribution in [0.4, 0.5) is 5.82 Å². The quantitative estimate of drug-likeness (QED) is 0.697. The van der Waals surface area contributed by atoms with Gasteiger partial charge in [-0.2, -0.15) is 0 Å². The molecule has 0 radical (unpaired) electrons. The van der Waals surface area contributed by atoms with Gasteiger partial charge in [0.2, 0.25) is 0 Å².